The molecule has 0 amide bonds. The van der Waals surface area contributed by atoms with Crippen LogP contribution >= 0.6 is 11.8 Å². The van der Waals surface area contributed by atoms with Crippen molar-refractivity contribution < 1.29 is 9.53 Å². The third-order valence-corrected chi connectivity index (χ3v) is 3.69. The molecule has 0 fully saturated rings. The molecule has 2 nitrogen and oxygen atoms in total. The number of methoxy groups -OCH3 is 1. The highest BCUT2D eigenvalue weighted by Gasteiger charge is 2.31. The van der Waals surface area contributed by atoms with Crippen LogP contribution in [0.1, 0.15) is 12.8 Å². The molecule has 0 radical (unpaired) electrons. The van der Waals surface area contributed by atoms with Crippen molar-refractivity contribution >= 4 is 17.7 Å². The maximum Gasteiger partial charge on any atom is 0.313 e. The van der Waals surface area contributed by atoms with Crippen LogP contribution in [0.5, 0.6) is 0 Å². The Morgan fingerprint density at radius 1 is 1.69 bits per heavy atom. The normalized spacial score (nSPS) is 26.1. The van der Waals surface area contributed by atoms with Crippen LogP contribution in [-0.4, -0.2) is 18.8 Å². The Kier molecular flexibility index (Phi) is 2.44. The molecule has 1 aliphatic carbocycles. The van der Waals surface area contributed by atoms with Crippen molar-refractivity contribution in [2.24, 2.45) is 5.92 Å². The zero-order valence-corrected chi connectivity index (χ0v) is 8.39. The Labute approximate surface area is 82.0 Å². The fourth-order valence-electron chi connectivity index (χ4n) is 1.77. The summed E-state index contributed by atoms with van der Waals surface area (Å²) in [6, 6.07) is 0. The number of thioether (sulfide) groups is 1. The van der Waals surface area contributed by atoms with Crippen molar-refractivity contribution in [3.05, 3.63) is 22.6 Å². The molecule has 0 saturated heterocycles. The van der Waals surface area contributed by atoms with Crippen LogP contribution < -0.4 is 0 Å². The van der Waals surface area contributed by atoms with Crippen molar-refractivity contribution in [2.75, 3.05) is 12.9 Å². The summed E-state index contributed by atoms with van der Waals surface area (Å²) in [5.74, 6) is 0.810. The minimum absolute atomic E-state index is 0.0231. The molecule has 0 N–H and O–H groups in total. The van der Waals surface area contributed by atoms with Gasteiger partial charge in [0.25, 0.3) is 0 Å². The molecule has 0 aromatic heterocycles. The topological polar surface area (TPSA) is 26.3 Å². The fraction of sp³-hybridized carbons (Fsp3) is 0.500. The summed E-state index contributed by atoms with van der Waals surface area (Å²) in [7, 11) is 1.46. The van der Waals surface area contributed by atoms with E-state index in [-0.39, 0.29) is 11.9 Å². The van der Waals surface area contributed by atoms with E-state index in [1.807, 2.05) is 0 Å². The number of ether oxygens (including phenoxy) is 1. The SMILES string of the molecule is COC(=O)C1CSC2=C1CCC=C2. The average molecular weight is 196 g/mol. The Hall–Kier alpha value is -0.700. The van der Waals surface area contributed by atoms with Gasteiger partial charge in [-0.3, -0.25) is 4.79 Å². The third kappa shape index (κ3) is 1.53. The van der Waals surface area contributed by atoms with Gasteiger partial charge in [0.15, 0.2) is 0 Å². The molecule has 3 heteroatoms. The van der Waals surface area contributed by atoms with Crippen LogP contribution in [0, 0.1) is 5.92 Å². The molecule has 0 spiro atoms. The van der Waals surface area contributed by atoms with E-state index >= 15 is 0 Å². The highest BCUT2D eigenvalue weighted by Crippen LogP contribution is 2.41. The molecule has 1 heterocycles. The second-order valence-electron chi connectivity index (χ2n) is 3.22. The van der Waals surface area contributed by atoms with Crippen molar-refractivity contribution in [1.29, 1.82) is 0 Å². The highest BCUT2D eigenvalue weighted by atomic mass is 32.2. The molecule has 1 unspecified atom stereocenters. The number of allylic oxidation sites excluding steroid dienone is 2. The van der Waals surface area contributed by atoms with Crippen LogP contribution in [0.4, 0.5) is 0 Å². The van der Waals surface area contributed by atoms with E-state index in [1.165, 1.54) is 17.6 Å². The second-order valence-corrected chi connectivity index (χ2v) is 4.28. The number of carbonyl (C=O) groups is 1. The van der Waals surface area contributed by atoms with E-state index in [9.17, 15) is 4.79 Å². The van der Waals surface area contributed by atoms with Crippen molar-refractivity contribution in [1.82, 2.24) is 0 Å². The van der Waals surface area contributed by atoms with Gasteiger partial charge >= 0.3 is 5.97 Å². The van der Waals surface area contributed by atoms with E-state index in [0.717, 1.165) is 18.6 Å². The Morgan fingerprint density at radius 3 is 3.31 bits per heavy atom. The predicted molar refractivity (Wildman–Crippen MR) is 53.4 cm³/mol. The summed E-state index contributed by atoms with van der Waals surface area (Å²) in [6.07, 6.45) is 6.39. The van der Waals surface area contributed by atoms with Crippen LogP contribution in [-0.2, 0) is 9.53 Å². The van der Waals surface area contributed by atoms with E-state index in [4.69, 9.17) is 4.74 Å². The van der Waals surface area contributed by atoms with E-state index < -0.39 is 0 Å². The zero-order valence-electron chi connectivity index (χ0n) is 7.58. The summed E-state index contributed by atoms with van der Waals surface area (Å²) in [4.78, 5) is 12.7. The van der Waals surface area contributed by atoms with Crippen LogP contribution in [0.2, 0.25) is 0 Å². The van der Waals surface area contributed by atoms with Gasteiger partial charge in [-0.25, -0.2) is 0 Å². The number of hydrogen-bond acceptors (Lipinski definition) is 3. The molecule has 2 rings (SSSR count). The minimum Gasteiger partial charge on any atom is -0.469 e. The minimum atomic E-state index is -0.0761. The molecule has 1 atom stereocenters. The first-order valence-corrected chi connectivity index (χ1v) is 5.41. The van der Waals surface area contributed by atoms with Crippen LogP contribution in [0.15, 0.2) is 22.6 Å². The quantitative estimate of drug-likeness (QED) is 0.601. The molecule has 0 aromatic rings. The lowest BCUT2D eigenvalue weighted by atomic mass is 9.94. The standard InChI is InChI=1S/C10H12O2S/c1-12-10(11)8-6-13-9-5-3-2-4-7(8)9/h3,5,8H,2,4,6H2,1H3. The molecule has 0 bridgehead atoms. The fourth-order valence-corrected chi connectivity index (χ4v) is 3.08. The monoisotopic (exact) mass is 196 g/mol. The third-order valence-electron chi connectivity index (χ3n) is 2.48. The first-order valence-electron chi connectivity index (χ1n) is 4.43. The smallest absolute Gasteiger partial charge is 0.313 e. The maximum absolute atomic E-state index is 11.4. The van der Waals surface area contributed by atoms with Gasteiger partial charge in [0, 0.05) is 10.7 Å². The zero-order chi connectivity index (χ0) is 9.26. The summed E-state index contributed by atoms with van der Waals surface area (Å²) >= 11 is 1.77. The number of hydrogen-bond donors (Lipinski definition) is 0. The predicted octanol–water partition coefficient (Wildman–Crippen LogP) is 2.13. The Morgan fingerprint density at radius 2 is 2.54 bits per heavy atom. The van der Waals surface area contributed by atoms with Gasteiger partial charge in [-0.2, -0.15) is 0 Å². The second kappa shape index (κ2) is 3.58. The van der Waals surface area contributed by atoms with Gasteiger partial charge in [0.2, 0.25) is 0 Å². The van der Waals surface area contributed by atoms with E-state index in [1.54, 1.807) is 11.8 Å². The first kappa shape index (κ1) is 8.88. The maximum atomic E-state index is 11.4. The molecule has 1 aliphatic heterocycles. The van der Waals surface area contributed by atoms with Gasteiger partial charge < -0.3 is 4.74 Å². The lowest BCUT2D eigenvalue weighted by Crippen LogP contribution is -2.18. The molecule has 0 aromatic carbocycles. The molecule has 13 heavy (non-hydrogen) atoms. The summed E-state index contributed by atoms with van der Waals surface area (Å²) in [5, 5.41) is 0. The number of rotatable bonds is 1. The Bertz CT molecular complexity index is 291. The molecular weight excluding hydrogens is 184 g/mol. The summed E-state index contributed by atoms with van der Waals surface area (Å²) < 4.78 is 4.77. The summed E-state index contributed by atoms with van der Waals surface area (Å²) in [5.41, 5.74) is 1.29. The molecule has 2 aliphatic rings. The van der Waals surface area contributed by atoms with E-state index in [2.05, 4.69) is 12.2 Å². The van der Waals surface area contributed by atoms with Gasteiger partial charge in [-0.1, -0.05) is 12.2 Å². The van der Waals surface area contributed by atoms with Crippen molar-refractivity contribution in [3.63, 3.8) is 0 Å². The number of esters is 1. The van der Waals surface area contributed by atoms with Gasteiger partial charge in [0.1, 0.15) is 0 Å². The molecule has 0 saturated carbocycles. The van der Waals surface area contributed by atoms with Crippen LogP contribution in [0.3, 0.4) is 0 Å². The van der Waals surface area contributed by atoms with Crippen molar-refractivity contribution in [2.45, 2.75) is 12.8 Å². The van der Waals surface area contributed by atoms with Gasteiger partial charge in [-0.05, 0) is 18.4 Å². The van der Waals surface area contributed by atoms with E-state index in [0.29, 0.717) is 0 Å². The van der Waals surface area contributed by atoms with Gasteiger partial charge in [0.05, 0.1) is 13.0 Å². The number of carbonyl (C=O) groups excluding carboxylic acids is 1. The Balaban J connectivity index is 2.21. The van der Waals surface area contributed by atoms with Crippen molar-refractivity contribution in [3.8, 4) is 0 Å². The van der Waals surface area contributed by atoms with Gasteiger partial charge in [-0.15, -0.1) is 11.8 Å². The van der Waals surface area contributed by atoms with Crippen LogP contribution in [0.25, 0.3) is 0 Å². The largest absolute Gasteiger partial charge is 0.469 e. The molecular formula is C10H12O2S. The lowest BCUT2D eigenvalue weighted by Gasteiger charge is -2.13. The highest BCUT2D eigenvalue weighted by molar-refractivity contribution is 8.03. The summed E-state index contributed by atoms with van der Waals surface area (Å²) in [6.45, 7) is 0. The average Bonchev–Trinajstić information content (AvgIpc) is 2.60. The molecule has 70 valence electrons. The lowest BCUT2D eigenvalue weighted by molar-refractivity contribution is -0.143. The first-order chi connectivity index (χ1) is 6.33.